The number of nitrogens with zero attached hydrogens (tertiary/aromatic N) is 2. The van der Waals surface area contributed by atoms with E-state index in [2.05, 4.69) is 5.32 Å². The van der Waals surface area contributed by atoms with Gasteiger partial charge in [0.1, 0.15) is 12.6 Å². The number of carbonyl (C=O) groups is 2. The van der Waals surface area contributed by atoms with Crippen molar-refractivity contribution in [1.82, 2.24) is 10.2 Å². The van der Waals surface area contributed by atoms with Crippen molar-refractivity contribution in [2.45, 2.75) is 73.0 Å². The van der Waals surface area contributed by atoms with Crippen LogP contribution in [-0.4, -0.2) is 50.0 Å². The van der Waals surface area contributed by atoms with Crippen LogP contribution in [0.5, 0.6) is 0 Å². The van der Waals surface area contributed by atoms with Crippen LogP contribution in [-0.2, 0) is 26.2 Å². The molecule has 2 atom stereocenters. The molecule has 2 amide bonds. The van der Waals surface area contributed by atoms with Crippen molar-refractivity contribution in [2.75, 3.05) is 17.1 Å². The summed E-state index contributed by atoms with van der Waals surface area (Å²) in [4.78, 5) is 28.4. The molecule has 0 aliphatic carbocycles. The first-order chi connectivity index (χ1) is 16.4. The SMILES string of the molecule is CC[C@@H](C)NC(=O)[C@@H](CC)N(Cc1ccc(C)cc1)C(=O)CN(c1cccc(C)c1C)S(C)(=O)=O. The average Bonchev–Trinajstić information content (AvgIpc) is 2.79. The summed E-state index contributed by atoms with van der Waals surface area (Å²) in [6.07, 6.45) is 2.27. The van der Waals surface area contributed by atoms with Gasteiger partial charge >= 0.3 is 0 Å². The quantitative estimate of drug-likeness (QED) is 0.502. The zero-order valence-electron chi connectivity index (χ0n) is 22.0. The third-order valence-corrected chi connectivity index (χ3v) is 7.51. The first kappa shape index (κ1) is 28.4. The van der Waals surface area contributed by atoms with E-state index in [1.165, 1.54) is 4.90 Å². The molecule has 0 radical (unpaired) electrons. The predicted octanol–water partition coefficient (Wildman–Crippen LogP) is 4.10. The van der Waals surface area contributed by atoms with Gasteiger partial charge in [0.05, 0.1) is 11.9 Å². The molecule has 8 heteroatoms. The van der Waals surface area contributed by atoms with Crippen molar-refractivity contribution in [2.24, 2.45) is 0 Å². The largest absolute Gasteiger partial charge is 0.352 e. The molecule has 2 rings (SSSR count). The molecule has 0 aromatic heterocycles. The van der Waals surface area contributed by atoms with E-state index in [0.717, 1.165) is 39.2 Å². The van der Waals surface area contributed by atoms with Gasteiger partial charge in [0, 0.05) is 12.6 Å². The van der Waals surface area contributed by atoms with Gasteiger partial charge in [-0.1, -0.05) is 55.8 Å². The number of anilines is 1. The molecule has 0 aliphatic heterocycles. The number of benzene rings is 2. The molecule has 2 aromatic carbocycles. The second-order valence-corrected chi connectivity index (χ2v) is 11.1. The molecule has 2 aromatic rings. The van der Waals surface area contributed by atoms with Crippen molar-refractivity contribution in [3.63, 3.8) is 0 Å². The van der Waals surface area contributed by atoms with Crippen LogP contribution in [0.25, 0.3) is 0 Å². The van der Waals surface area contributed by atoms with Crippen molar-refractivity contribution < 1.29 is 18.0 Å². The predicted molar refractivity (Wildman–Crippen MR) is 142 cm³/mol. The molecule has 0 fully saturated rings. The Morgan fingerprint density at radius 3 is 2.14 bits per heavy atom. The van der Waals surface area contributed by atoms with Crippen LogP contribution in [0.4, 0.5) is 5.69 Å². The van der Waals surface area contributed by atoms with E-state index in [9.17, 15) is 18.0 Å². The highest BCUT2D eigenvalue weighted by atomic mass is 32.2. The van der Waals surface area contributed by atoms with E-state index >= 15 is 0 Å². The second kappa shape index (κ2) is 12.2. The lowest BCUT2D eigenvalue weighted by Gasteiger charge is -2.33. The minimum Gasteiger partial charge on any atom is -0.352 e. The zero-order valence-corrected chi connectivity index (χ0v) is 22.8. The summed E-state index contributed by atoms with van der Waals surface area (Å²) in [5.74, 6) is -0.664. The highest BCUT2D eigenvalue weighted by Crippen LogP contribution is 2.25. The van der Waals surface area contributed by atoms with E-state index in [1.54, 1.807) is 12.1 Å². The Balaban J connectivity index is 2.47. The highest BCUT2D eigenvalue weighted by Gasteiger charge is 2.32. The molecule has 7 nitrogen and oxygen atoms in total. The number of rotatable bonds is 11. The van der Waals surface area contributed by atoms with Crippen molar-refractivity contribution in [1.29, 1.82) is 0 Å². The van der Waals surface area contributed by atoms with Crippen molar-refractivity contribution >= 4 is 27.5 Å². The molecular formula is C27H39N3O4S. The van der Waals surface area contributed by atoms with Crippen LogP contribution in [0.3, 0.4) is 0 Å². The molecule has 192 valence electrons. The normalized spacial score (nSPS) is 13.1. The minimum absolute atomic E-state index is 0.0321. The monoisotopic (exact) mass is 501 g/mol. The lowest BCUT2D eigenvalue weighted by molar-refractivity contribution is -0.140. The van der Waals surface area contributed by atoms with Gasteiger partial charge < -0.3 is 10.2 Å². The maximum atomic E-state index is 13.7. The summed E-state index contributed by atoms with van der Waals surface area (Å²) in [6, 6.07) is 12.4. The van der Waals surface area contributed by atoms with Crippen LogP contribution in [0.15, 0.2) is 42.5 Å². The third kappa shape index (κ3) is 7.56. The Labute approximate surface area is 210 Å². The van der Waals surface area contributed by atoms with E-state index in [1.807, 2.05) is 71.9 Å². The molecule has 1 N–H and O–H groups in total. The van der Waals surface area contributed by atoms with Gasteiger partial charge in [0.15, 0.2) is 0 Å². The topological polar surface area (TPSA) is 86.8 Å². The van der Waals surface area contributed by atoms with E-state index < -0.39 is 22.0 Å². The number of carbonyl (C=O) groups excluding carboxylic acids is 2. The van der Waals surface area contributed by atoms with Crippen LogP contribution in [0, 0.1) is 20.8 Å². The van der Waals surface area contributed by atoms with Gasteiger partial charge in [-0.05, 0) is 63.3 Å². The number of nitrogens with one attached hydrogen (secondary N) is 1. The summed E-state index contributed by atoms with van der Waals surface area (Å²) in [7, 11) is -3.75. The fraction of sp³-hybridized carbons (Fsp3) is 0.481. The van der Waals surface area contributed by atoms with Crippen molar-refractivity contribution in [3.05, 3.63) is 64.7 Å². The Hall–Kier alpha value is -2.87. The molecule has 0 saturated carbocycles. The van der Waals surface area contributed by atoms with Gasteiger partial charge in [0.2, 0.25) is 21.8 Å². The third-order valence-electron chi connectivity index (χ3n) is 6.38. The molecule has 35 heavy (non-hydrogen) atoms. The fourth-order valence-corrected chi connectivity index (χ4v) is 4.75. The van der Waals surface area contributed by atoms with Crippen LogP contribution in [0.1, 0.15) is 55.9 Å². The summed E-state index contributed by atoms with van der Waals surface area (Å²) in [5.41, 5.74) is 4.15. The van der Waals surface area contributed by atoms with Gasteiger partial charge in [0.25, 0.3) is 0 Å². The van der Waals surface area contributed by atoms with Crippen molar-refractivity contribution in [3.8, 4) is 0 Å². The molecule has 0 saturated heterocycles. The van der Waals surface area contributed by atoms with Gasteiger partial charge in [-0.25, -0.2) is 8.42 Å². The Morgan fingerprint density at radius 2 is 1.60 bits per heavy atom. The van der Waals surface area contributed by atoms with E-state index in [0.29, 0.717) is 12.1 Å². The first-order valence-corrected chi connectivity index (χ1v) is 13.9. The Morgan fingerprint density at radius 1 is 0.971 bits per heavy atom. The Kier molecular flexibility index (Phi) is 9.89. The summed E-state index contributed by atoms with van der Waals surface area (Å²) >= 11 is 0. The maximum Gasteiger partial charge on any atom is 0.244 e. The smallest absolute Gasteiger partial charge is 0.244 e. The van der Waals surface area contributed by atoms with Crippen LogP contribution >= 0.6 is 0 Å². The zero-order chi connectivity index (χ0) is 26.3. The number of aryl methyl sites for hydroxylation is 2. The molecule has 0 heterocycles. The lowest BCUT2D eigenvalue weighted by Crippen LogP contribution is -2.53. The first-order valence-electron chi connectivity index (χ1n) is 12.1. The molecular weight excluding hydrogens is 462 g/mol. The maximum absolute atomic E-state index is 13.7. The van der Waals surface area contributed by atoms with E-state index in [-0.39, 0.29) is 25.0 Å². The van der Waals surface area contributed by atoms with Gasteiger partial charge in [-0.3, -0.25) is 13.9 Å². The highest BCUT2D eigenvalue weighted by molar-refractivity contribution is 7.92. The van der Waals surface area contributed by atoms with Gasteiger partial charge in [-0.2, -0.15) is 0 Å². The fourth-order valence-electron chi connectivity index (χ4n) is 3.85. The number of sulfonamides is 1. The second-order valence-electron chi connectivity index (χ2n) is 9.24. The average molecular weight is 502 g/mol. The molecule has 0 unspecified atom stereocenters. The molecule has 0 spiro atoms. The van der Waals surface area contributed by atoms with Crippen LogP contribution < -0.4 is 9.62 Å². The summed E-state index contributed by atoms with van der Waals surface area (Å²) < 4.78 is 26.7. The number of hydrogen-bond acceptors (Lipinski definition) is 4. The molecule has 0 aliphatic rings. The van der Waals surface area contributed by atoms with Crippen LogP contribution in [0.2, 0.25) is 0 Å². The Bertz CT molecular complexity index is 1130. The number of amides is 2. The summed E-state index contributed by atoms with van der Waals surface area (Å²) in [6.45, 7) is 11.3. The number of hydrogen-bond donors (Lipinski definition) is 1. The van der Waals surface area contributed by atoms with E-state index in [4.69, 9.17) is 0 Å². The summed E-state index contributed by atoms with van der Waals surface area (Å²) in [5, 5.41) is 2.98. The minimum atomic E-state index is -3.75. The van der Waals surface area contributed by atoms with Gasteiger partial charge in [-0.15, -0.1) is 0 Å². The molecule has 0 bridgehead atoms. The standard InChI is InChI=1S/C27H39N3O4S/c1-8-21(5)28-27(32)24(9-2)29(17-23-15-13-19(3)14-16-23)26(31)18-30(35(7,33)34)25-12-10-11-20(4)22(25)6/h10-16,21,24H,8-9,17-18H2,1-7H3,(H,28,32)/t21-,24-/m1/s1. The lowest BCUT2D eigenvalue weighted by atomic mass is 10.1.